The largest absolute Gasteiger partial charge is 0.0149 e. The van der Waals surface area contributed by atoms with Gasteiger partial charge in [0, 0.05) is 0 Å². The molecule has 0 unspecified atom stereocenters. The molecule has 0 aromatic rings. The molecule has 17 heteroatoms. The first-order chi connectivity index (χ1) is 6.93. The van der Waals surface area contributed by atoms with Crippen LogP contribution in [0.2, 0.25) is 0 Å². The molecule has 0 fully saturated rings. The second kappa shape index (κ2) is 25.0. The molecule has 0 bridgehead atoms. The Morgan fingerprint density at radius 2 is 0.412 bits per heavy atom. The second-order valence-corrected chi connectivity index (χ2v) is 5.87. The Labute approximate surface area is 118 Å². The van der Waals surface area contributed by atoms with Crippen LogP contribution in [0.1, 0.15) is 0 Å². The van der Waals surface area contributed by atoms with E-state index in [1.165, 1.54) is 0 Å². The van der Waals surface area contributed by atoms with E-state index >= 15 is 0 Å². The van der Waals surface area contributed by atoms with Crippen LogP contribution in [0.15, 0.2) is 0 Å². The quantitative estimate of drug-likeness (QED) is 0.139. The molecule has 0 aliphatic heterocycles. The zero-order valence-corrected chi connectivity index (χ0v) is 15.6. The van der Waals surface area contributed by atoms with E-state index in [2.05, 4.69) is 0 Å². The van der Waals surface area contributed by atoms with Crippen molar-refractivity contribution in [1.29, 1.82) is 0 Å². The molecule has 0 saturated carbocycles. The predicted molar refractivity (Wildman–Crippen MR) is 54.8 cm³/mol. The van der Waals surface area contributed by atoms with E-state index in [9.17, 15) is 0 Å². The van der Waals surface area contributed by atoms with Crippen molar-refractivity contribution in [3.63, 3.8) is 0 Å². The van der Waals surface area contributed by atoms with Crippen molar-refractivity contribution in [3.8, 4) is 0 Å². The van der Waals surface area contributed by atoms with Crippen molar-refractivity contribution in [2.24, 2.45) is 0 Å². The van der Waals surface area contributed by atoms with Gasteiger partial charge in [0.2, 0.25) is 0 Å². The zero-order chi connectivity index (χ0) is 14.3. The van der Waals surface area contributed by atoms with Crippen LogP contribution in [0.3, 0.4) is 0 Å². The van der Waals surface area contributed by atoms with Crippen molar-refractivity contribution in [2.45, 2.75) is 0 Å². The molecule has 0 heterocycles. The summed E-state index contributed by atoms with van der Waals surface area (Å²) in [5.41, 5.74) is 0. The van der Waals surface area contributed by atoms with E-state index in [4.69, 9.17) is 48.2 Å². The maximum absolute atomic E-state index is 8.81. The van der Waals surface area contributed by atoms with Gasteiger partial charge in [-0.05, 0) is 11.0 Å². The van der Waals surface area contributed by atoms with E-state index in [1.54, 1.807) is 0 Å². The number of rotatable bonds is 0. The van der Waals surface area contributed by atoms with Gasteiger partial charge < -0.3 is 0 Å². The summed E-state index contributed by atoms with van der Waals surface area (Å²) in [5, 5.41) is 0. The molecular weight excluding hydrogens is 511 g/mol. The standard InChI is InChI=1S/4GeH2O3.H4Si/c4*2-1(3)4;/h4*2-3H;1H4. The first-order valence-corrected chi connectivity index (χ1v) is 13.5. The fourth-order valence-electron chi connectivity index (χ4n) is 0. The second-order valence-electron chi connectivity index (χ2n) is 1.13. The fraction of sp³-hybridized carbons (Fsp3) is 0. The van der Waals surface area contributed by atoms with Crippen molar-refractivity contribution in [2.75, 3.05) is 0 Å². The van der Waals surface area contributed by atoms with Crippen molar-refractivity contribution in [1.82, 2.24) is 0 Å². The van der Waals surface area contributed by atoms with Gasteiger partial charge in [0.15, 0.2) is 0 Å². The summed E-state index contributed by atoms with van der Waals surface area (Å²) in [6.45, 7) is 0. The molecule has 0 saturated heterocycles. The summed E-state index contributed by atoms with van der Waals surface area (Å²) >= 11 is -14.3. The fourth-order valence-corrected chi connectivity index (χ4v) is 0. The minimum atomic E-state index is -3.58. The molecule has 0 aromatic heterocycles. The van der Waals surface area contributed by atoms with Crippen LogP contribution < -0.4 is 0 Å². The summed E-state index contributed by atoms with van der Waals surface area (Å²) in [6.07, 6.45) is 0. The van der Waals surface area contributed by atoms with Crippen molar-refractivity contribution < 1.29 is 48.2 Å². The third-order valence-electron chi connectivity index (χ3n) is 0. The summed E-state index contributed by atoms with van der Waals surface area (Å²) in [7, 11) is 0. The molecule has 17 heavy (non-hydrogen) atoms. The molecule has 0 atom stereocenters. The van der Waals surface area contributed by atoms with Crippen LogP contribution in [0.5, 0.6) is 0 Å². The van der Waals surface area contributed by atoms with Crippen molar-refractivity contribution >= 4 is 70.8 Å². The zero-order valence-electron chi connectivity index (χ0n) is 7.21. The molecule has 0 aliphatic carbocycles. The molecule has 8 N–H and O–H groups in total. The van der Waals surface area contributed by atoms with Crippen LogP contribution in [0, 0.1) is 0 Å². The van der Waals surface area contributed by atoms with Gasteiger partial charge in [-0.25, -0.2) is 0 Å². The Morgan fingerprint density at radius 1 is 0.412 bits per heavy atom. The molecule has 0 aromatic carbocycles. The van der Waals surface area contributed by atoms with E-state index in [0.29, 0.717) is 0 Å². The normalized spacial score (nSPS) is 5.65. The molecular formula is H12Ge4O12Si. The Kier molecular flexibility index (Phi) is 44.4. The maximum Gasteiger partial charge on any atom is -0.0149 e. The molecule has 104 valence electrons. The Morgan fingerprint density at radius 3 is 0.412 bits per heavy atom. The van der Waals surface area contributed by atoms with Gasteiger partial charge in [-0.15, -0.1) is 0 Å². The van der Waals surface area contributed by atoms with E-state index in [-0.39, 0.29) is 11.0 Å². The summed E-state index contributed by atoms with van der Waals surface area (Å²) in [6, 6.07) is 0. The van der Waals surface area contributed by atoms with E-state index < -0.39 is 59.8 Å². The number of hydrogen-bond acceptors (Lipinski definition) is 4. The minimum Gasteiger partial charge on any atom is -0.0149 e. The van der Waals surface area contributed by atoms with Gasteiger partial charge in [-0.1, -0.05) is 0 Å². The van der Waals surface area contributed by atoms with Gasteiger partial charge in [-0.3, -0.25) is 0 Å². The van der Waals surface area contributed by atoms with Crippen LogP contribution >= 0.6 is 0 Å². The van der Waals surface area contributed by atoms with Gasteiger partial charge in [0.05, 0.1) is 0 Å². The first kappa shape index (κ1) is 30.2. The summed E-state index contributed by atoms with van der Waals surface area (Å²) in [4.78, 5) is 0. The average molecular weight is 523 g/mol. The van der Waals surface area contributed by atoms with Gasteiger partial charge in [0.25, 0.3) is 0 Å². The van der Waals surface area contributed by atoms with Crippen LogP contribution in [0.25, 0.3) is 0 Å². The van der Waals surface area contributed by atoms with Gasteiger partial charge >= 0.3 is 108 Å². The van der Waals surface area contributed by atoms with Gasteiger partial charge in [-0.2, -0.15) is 0 Å². The maximum atomic E-state index is 8.81. The molecule has 0 radical (unpaired) electrons. The summed E-state index contributed by atoms with van der Waals surface area (Å²) in [5.74, 6) is 0. The molecule has 0 aliphatic rings. The third kappa shape index (κ3) is 22900000. The third-order valence-corrected chi connectivity index (χ3v) is 0. The average Bonchev–Trinajstić information content (AvgIpc) is 1.76. The van der Waals surface area contributed by atoms with Crippen molar-refractivity contribution in [3.05, 3.63) is 0 Å². The molecule has 12 nitrogen and oxygen atoms in total. The first-order valence-electron chi connectivity index (χ1n) is 2.61. The Hall–Kier alpha value is -0.0117. The SMILES string of the molecule is [O]=[Ge]([OH])[OH].[O]=[Ge]([OH])[OH].[O]=[Ge]([OH])[OH].[O]=[Ge]([OH])[OH].[SiH4]. The van der Waals surface area contributed by atoms with E-state index in [1.807, 2.05) is 0 Å². The minimum absolute atomic E-state index is 0. The Bertz CT molecular complexity index is 159. The molecule has 0 amide bonds. The van der Waals surface area contributed by atoms with Crippen LogP contribution in [-0.4, -0.2) is 104 Å². The van der Waals surface area contributed by atoms with Crippen LogP contribution in [0.4, 0.5) is 0 Å². The summed E-state index contributed by atoms with van der Waals surface area (Å²) < 4.78 is 93.0. The number of hydrogen-bond donors (Lipinski definition) is 8. The smallest absolute Gasteiger partial charge is 0.0149 e. The monoisotopic (exact) mass is 528 g/mol. The Balaban J connectivity index is -0.0000000369. The van der Waals surface area contributed by atoms with Gasteiger partial charge in [0.1, 0.15) is 0 Å². The molecule has 0 rings (SSSR count). The predicted octanol–water partition coefficient (Wildman–Crippen LogP) is -7.91. The molecule has 0 spiro atoms. The topological polar surface area (TPSA) is 230 Å². The van der Waals surface area contributed by atoms with E-state index in [0.717, 1.165) is 0 Å². The van der Waals surface area contributed by atoms with Crippen LogP contribution in [-0.2, 0) is 15.1 Å².